The van der Waals surface area contributed by atoms with Crippen LogP contribution in [0.1, 0.15) is 12.0 Å². The van der Waals surface area contributed by atoms with E-state index < -0.39 is 17.5 Å². The highest BCUT2D eigenvalue weighted by atomic mass is 16.5. The molecule has 1 aromatic carbocycles. The Labute approximate surface area is 148 Å². The van der Waals surface area contributed by atoms with Crippen LogP contribution in [0.5, 0.6) is 0 Å². The molecule has 3 rings (SSSR count). The monoisotopic (exact) mass is 349 g/mol. The van der Waals surface area contributed by atoms with E-state index in [-0.39, 0.29) is 5.92 Å². The number of hydrogen-bond acceptors (Lipinski definition) is 5. The predicted octanol–water partition coefficient (Wildman–Crippen LogP) is 1.03. The third-order valence-electron chi connectivity index (χ3n) is 5.33. The summed E-state index contributed by atoms with van der Waals surface area (Å²) in [5, 5.41) is 20.6. The van der Waals surface area contributed by atoms with E-state index in [0.29, 0.717) is 52.4 Å². The molecule has 2 fully saturated rings. The summed E-state index contributed by atoms with van der Waals surface area (Å²) < 4.78 is 11.1. The number of carbonyl (C=O) groups is 1. The Kier molecular flexibility index (Phi) is 6.06. The standard InChI is InChI=1S/C19H27NO5/c21-17-12-20(11-16-13-24-8-9-25-14-16)7-6-19(17,18(22)23)10-15-4-2-1-3-5-15/h1-5,16-17,21H,6-14H2,(H,22,23)/t17-,19-/m1/s1. The Morgan fingerprint density at radius 2 is 1.88 bits per heavy atom. The highest BCUT2D eigenvalue weighted by Gasteiger charge is 2.48. The van der Waals surface area contributed by atoms with Crippen LogP contribution in [0.4, 0.5) is 0 Å². The molecule has 0 saturated carbocycles. The van der Waals surface area contributed by atoms with Crippen molar-refractivity contribution >= 4 is 5.97 Å². The topological polar surface area (TPSA) is 79.2 Å². The summed E-state index contributed by atoms with van der Waals surface area (Å²) in [7, 11) is 0. The average Bonchev–Trinajstić information content (AvgIpc) is 2.87. The summed E-state index contributed by atoms with van der Waals surface area (Å²) in [5.41, 5.74) is -0.170. The Morgan fingerprint density at radius 1 is 1.20 bits per heavy atom. The van der Waals surface area contributed by atoms with Gasteiger partial charge in [0.2, 0.25) is 0 Å². The molecular formula is C19H27NO5. The van der Waals surface area contributed by atoms with Crippen LogP contribution >= 0.6 is 0 Å². The summed E-state index contributed by atoms with van der Waals surface area (Å²) >= 11 is 0. The van der Waals surface area contributed by atoms with Crippen molar-refractivity contribution in [3.05, 3.63) is 35.9 Å². The van der Waals surface area contributed by atoms with Gasteiger partial charge in [-0.15, -0.1) is 0 Å². The van der Waals surface area contributed by atoms with Crippen LogP contribution in [0.2, 0.25) is 0 Å². The van der Waals surface area contributed by atoms with Gasteiger partial charge >= 0.3 is 5.97 Å². The molecule has 0 radical (unpaired) electrons. The van der Waals surface area contributed by atoms with Crippen molar-refractivity contribution in [1.82, 2.24) is 4.90 Å². The molecule has 2 aliphatic rings. The van der Waals surface area contributed by atoms with Gasteiger partial charge in [0.1, 0.15) is 5.41 Å². The second-order valence-corrected chi connectivity index (χ2v) is 7.16. The molecule has 2 heterocycles. The third-order valence-corrected chi connectivity index (χ3v) is 5.33. The Bertz CT molecular complexity index is 558. The average molecular weight is 349 g/mol. The van der Waals surface area contributed by atoms with Gasteiger partial charge in [-0.05, 0) is 24.9 Å². The molecule has 6 heteroatoms. The number of carboxylic acids is 1. The number of likely N-dealkylation sites (tertiary alicyclic amines) is 1. The largest absolute Gasteiger partial charge is 0.481 e. The summed E-state index contributed by atoms with van der Waals surface area (Å²) in [6, 6.07) is 9.55. The maximum atomic E-state index is 12.0. The Balaban J connectivity index is 1.64. The van der Waals surface area contributed by atoms with Gasteiger partial charge in [0.25, 0.3) is 0 Å². The van der Waals surface area contributed by atoms with Gasteiger partial charge < -0.3 is 24.6 Å². The van der Waals surface area contributed by atoms with E-state index in [1.807, 2.05) is 30.3 Å². The van der Waals surface area contributed by atoms with E-state index in [2.05, 4.69) is 4.90 Å². The molecule has 2 saturated heterocycles. The zero-order chi connectivity index (χ0) is 17.7. The number of carboxylic acid groups (broad SMARTS) is 1. The molecule has 0 bridgehead atoms. The van der Waals surface area contributed by atoms with Crippen molar-refractivity contribution < 1.29 is 24.5 Å². The van der Waals surface area contributed by atoms with Crippen LogP contribution in [-0.2, 0) is 20.7 Å². The van der Waals surface area contributed by atoms with E-state index in [0.717, 1.165) is 12.1 Å². The molecule has 0 unspecified atom stereocenters. The number of piperidine rings is 1. The fourth-order valence-corrected chi connectivity index (χ4v) is 3.83. The van der Waals surface area contributed by atoms with Gasteiger partial charge in [-0.25, -0.2) is 0 Å². The second-order valence-electron chi connectivity index (χ2n) is 7.16. The van der Waals surface area contributed by atoms with E-state index >= 15 is 0 Å². The van der Waals surface area contributed by atoms with E-state index in [1.54, 1.807) is 0 Å². The minimum Gasteiger partial charge on any atom is -0.481 e. The molecule has 2 aliphatic heterocycles. The number of ether oxygens (including phenoxy) is 2. The lowest BCUT2D eigenvalue weighted by molar-refractivity contribution is -0.163. The SMILES string of the molecule is O=C(O)[C@@]1(Cc2ccccc2)CCN(CC2COCCOC2)C[C@H]1O. The van der Waals surface area contributed by atoms with Crippen molar-refractivity contribution in [3.63, 3.8) is 0 Å². The molecule has 6 nitrogen and oxygen atoms in total. The number of aliphatic hydroxyl groups is 1. The molecule has 138 valence electrons. The van der Waals surface area contributed by atoms with Gasteiger partial charge in [0.15, 0.2) is 0 Å². The van der Waals surface area contributed by atoms with Crippen molar-refractivity contribution in [2.24, 2.45) is 11.3 Å². The highest BCUT2D eigenvalue weighted by molar-refractivity contribution is 5.76. The summed E-state index contributed by atoms with van der Waals surface area (Å²) in [5.74, 6) is -0.647. The minimum atomic E-state index is -1.12. The van der Waals surface area contributed by atoms with Gasteiger partial charge in [0.05, 0.1) is 32.5 Å². The van der Waals surface area contributed by atoms with Crippen molar-refractivity contribution in [1.29, 1.82) is 0 Å². The fourth-order valence-electron chi connectivity index (χ4n) is 3.83. The summed E-state index contributed by atoms with van der Waals surface area (Å²) in [6.45, 7) is 4.35. The fraction of sp³-hybridized carbons (Fsp3) is 0.632. The molecule has 2 N–H and O–H groups in total. The lowest BCUT2D eigenvalue weighted by Crippen LogP contribution is -2.56. The zero-order valence-corrected chi connectivity index (χ0v) is 14.5. The number of aliphatic carboxylic acids is 1. The molecule has 0 amide bonds. The number of aliphatic hydroxyl groups excluding tert-OH is 1. The van der Waals surface area contributed by atoms with Crippen molar-refractivity contribution in [2.75, 3.05) is 46.1 Å². The lowest BCUT2D eigenvalue weighted by atomic mass is 9.71. The number of hydrogen-bond donors (Lipinski definition) is 2. The van der Waals surface area contributed by atoms with Gasteiger partial charge in [-0.3, -0.25) is 4.79 Å². The molecule has 1 aromatic rings. The molecular weight excluding hydrogens is 322 g/mol. The van der Waals surface area contributed by atoms with Gasteiger partial charge in [-0.1, -0.05) is 30.3 Å². The first-order valence-corrected chi connectivity index (χ1v) is 8.93. The summed E-state index contributed by atoms with van der Waals surface area (Å²) in [4.78, 5) is 14.2. The van der Waals surface area contributed by atoms with Crippen LogP contribution in [0.25, 0.3) is 0 Å². The number of rotatable bonds is 5. The van der Waals surface area contributed by atoms with Gasteiger partial charge in [-0.2, -0.15) is 0 Å². The third kappa shape index (κ3) is 4.39. The van der Waals surface area contributed by atoms with Crippen molar-refractivity contribution in [3.8, 4) is 0 Å². The zero-order valence-electron chi connectivity index (χ0n) is 14.5. The van der Waals surface area contributed by atoms with E-state index in [1.165, 1.54) is 0 Å². The molecule has 0 aromatic heterocycles. The number of benzene rings is 1. The smallest absolute Gasteiger partial charge is 0.312 e. The maximum Gasteiger partial charge on any atom is 0.312 e. The van der Waals surface area contributed by atoms with Gasteiger partial charge in [0, 0.05) is 19.0 Å². The number of β-amino-alcohol motifs (C(OH)–C–C–N with tert-alkyl or cyclic N) is 1. The first-order chi connectivity index (χ1) is 12.1. The lowest BCUT2D eigenvalue weighted by Gasteiger charge is -2.43. The Morgan fingerprint density at radius 3 is 2.48 bits per heavy atom. The van der Waals surface area contributed by atoms with Crippen LogP contribution in [0, 0.1) is 11.3 Å². The molecule has 25 heavy (non-hydrogen) atoms. The Hall–Kier alpha value is -1.47. The summed E-state index contributed by atoms with van der Waals surface area (Å²) in [6.07, 6.45) is -0.104. The maximum absolute atomic E-state index is 12.0. The highest BCUT2D eigenvalue weighted by Crippen LogP contribution is 2.36. The normalized spacial score (nSPS) is 29.2. The van der Waals surface area contributed by atoms with Crippen LogP contribution in [0.15, 0.2) is 30.3 Å². The first-order valence-electron chi connectivity index (χ1n) is 8.93. The predicted molar refractivity (Wildman–Crippen MR) is 92.4 cm³/mol. The van der Waals surface area contributed by atoms with E-state index in [4.69, 9.17) is 9.47 Å². The first kappa shape index (κ1) is 18.3. The van der Waals surface area contributed by atoms with Crippen LogP contribution in [-0.4, -0.2) is 73.2 Å². The molecule has 2 atom stereocenters. The molecule has 0 spiro atoms. The second kappa shape index (κ2) is 8.27. The van der Waals surface area contributed by atoms with Crippen molar-refractivity contribution in [2.45, 2.75) is 18.9 Å². The van der Waals surface area contributed by atoms with E-state index in [9.17, 15) is 15.0 Å². The minimum absolute atomic E-state index is 0.265. The van der Waals surface area contributed by atoms with Crippen LogP contribution < -0.4 is 0 Å². The van der Waals surface area contributed by atoms with Crippen LogP contribution in [0.3, 0.4) is 0 Å². The molecule has 0 aliphatic carbocycles. The quantitative estimate of drug-likeness (QED) is 0.827. The number of nitrogens with zero attached hydrogens (tertiary/aromatic N) is 1.